The van der Waals surface area contributed by atoms with Crippen LogP contribution < -0.4 is 0 Å². The molecule has 1 aliphatic rings. The third kappa shape index (κ3) is 3.70. The summed E-state index contributed by atoms with van der Waals surface area (Å²) in [7, 11) is 0. The highest BCUT2D eigenvalue weighted by atomic mass is 79.9. The van der Waals surface area contributed by atoms with Gasteiger partial charge in [-0.15, -0.1) is 0 Å². The molecule has 0 aromatic heterocycles. The van der Waals surface area contributed by atoms with Crippen LogP contribution in [0.2, 0.25) is 0 Å². The normalized spacial score (nSPS) is 15.0. The molecule has 90 valence electrons. The number of hydrogen-bond acceptors (Lipinski definition) is 2. The van der Waals surface area contributed by atoms with Crippen molar-refractivity contribution in [1.29, 1.82) is 0 Å². The summed E-state index contributed by atoms with van der Waals surface area (Å²) in [5.74, 6) is 1.15. The van der Waals surface area contributed by atoms with E-state index in [1.165, 1.54) is 0 Å². The molecular weight excluding hydrogens is 280 g/mol. The maximum absolute atomic E-state index is 11.9. The minimum atomic E-state index is 0.174. The van der Waals surface area contributed by atoms with Gasteiger partial charge in [-0.2, -0.15) is 0 Å². The highest BCUT2D eigenvalue weighted by Gasteiger charge is 2.09. The standard InChI is InChI=1S/C14H15BrO2/c15-12-6-4-11(5-7-12)14(16)9-8-13-3-1-2-10-17-13/h3-7H,1-2,8-10H2. The Labute approximate surface area is 110 Å². The smallest absolute Gasteiger partial charge is 0.163 e. The predicted molar refractivity (Wildman–Crippen MR) is 71.0 cm³/mol. The van der Waals surface area contributed by atoms with Crippen molar-refractivity contribution in [3.05, 3.63) is 46.1 Å². The Morgan fingerprint density at radius 1 is 1.29 bits per heavy atom. The summed E-state index contributed by atoms with van der Waals surface area (Å²) < 4.78 is 6.48. The number of carbonyl (C=O) groups is 1. The Balaban J connectivity index is 1.88. The lowest BCUT2D eigenvalue weighted by Crippen LogP contribution is -2.04. The van der Waals surface area contributed by atoms with E-state index >= 15 is 0 Å². The van der Waals surface area contributed by atoms with Crippen LogP contribution in [0.15, 0.2) is 40.6 Å². The van der Waals surface area contributed by atoms with Crippen molar-refractivity contribution in [3.63, 3.8) is 0 Å². The first kappa shape index (κ1) is 12.4. The lowest BCUT2D eigenvalue weighted by Gasteiger charge is -2.14. The first-order valence-corrected chi connectivity index (χ1v) is 6.65. The summed E-state index contributed by atoms with van der Waals surface area (Å²) in [6.45, 7) is 0.790. The minimum Gasteiger partial charge on any atom is -0.498 e. The van der Waals surface area contributed by atoms with Crippen molar-refractivity contribution in [3.8, 4) is 0 Å². The molecule has 0 radical (unpaired) electrons. The summed E-state index contributed by atoms with van der Waals surface area (Å²) in [6.07, 6.45) is 5.49. The molecule has 3 heteroatoms. The number of allylic oxidation sites excluding steroid dienone is 2. The molecule has 0 amide bonds. The number of halogens is 1. The monoisotopic (exact) mass is 294 g/mol. The molecule has 1 aromatic rings. The molecule has 0 aliphatic carbocycles. The molecule has 0 spiro atoms. The van der Waals surface area contributed by atoms with Crippen LogP contribution in [0.5, 0.6) is 0 Å². The molecule has 2 nitrogen and oxygen atoms in total. The van der Waals surface area contributed by atoms with Crippen LogP contribution >= 0.6 is 15.9 Å². The third-order valence-corrected chi connectivity index (χ3v) is 3.30. The number of Topliss-reactive ketones (excluding diaryl/α,β-unsaturated/α-hetero) is 1. The van der Waals surface area contributed by atoms with Crippen molar-refractivity contribution in [2.24, 2.45) is 0 Å². The van der Waals surface area contributed by atoms with Gasteiger partial charge in [-0.25, -0.2) is 0 Å². The first-order valence-electron chi connectivity index (χ1n) is 5.86. The van der Waals surface area contributed by atoms with Crippen LogP contribution in [0.25, 0.3) is 0 Å². The minimum absolute atomic E-state index is 0.174. The van der Waals surface area contributed by atoms with Crippen LogP contribution in [-0.2, 0) is 4.74 Å². The van der Waals surface area contributed by atoms with E-state index in [0.717, 1.165) is 41.7 Å². The number of carbonyl (C=O) groups excluding carboxylic acids is 1. The number of benzene rings is 1. The van der Waals surface area contributed by atoms with Crippen molar-refractivity contribution in [1.82, 2.24) is 0 Å². The van der Waals surface area contributed by atoms with Gasteiger partial charge in [0.15, 0.2) is 5.78 Å². The highest BCUT2D eigenvalue weighted by Crippen LogP contribution is 2.17. The summed E-state index contributed by atoms with van der Waals surface area (Å²) in [5.41, 5.74) is 0.768. The average Bonchev–Trinajstić information content (AvgIpc) is 2.38. The molecule has 0 saturated carbocycles. The van der Waals surface area contributed by atoms with Gasteiger partial charge in [-0.1, -0.05) is 28.1 Å². The molecule has 0 atom stereocenters. The Bertz CT molecular complexity index is 420. The number of ether oxygens (including phenoxy) is 1. The molecule has 1 heterocycles. The topological polar surface area (TPSA) is 26.3 Å². The van der Waals surface area contributed by atoms with Crippen molar-refractivity contribution < 1.29 is 9.53 Å². The largest absolute Gasteiger partial charge is 0.498 e. The van der Waals surface area contributed by atoms with Crippen LogP contribution in [0, 0.1) is 0 Å². The van der Waals surface area contributed by atoms with E-state index in [1.54, 1.807) is 0 Å². The lowest BCUT2D eigenvalue weighted by molar-refractivity contribution is 0.0970. The second-order valence-electron chi connectivity index (χ2n) is 4.09. The van der Waals surface area contributed by atoms with Gasteiger partial charge < -0.3 is 4.74 Å². The van der Waals surface area contributed by atoms with Gasteiger partial charge in [-0.3, -0.25) is 4.79 Å². The number of ketones is 1. The van der Waals surface area contributed by atoms with Gasteiger partial charge in [0, 0.05) is 22.9 Å². The molecule has 1 aliphatic heterocycles. The Morgan fingerprint density at radius 2 is 2.06 bits per heavy atom. The van der Waals surface area contributed by atoms with E-state index < -0.39 is 0 Å². The maximum Gasteiger partial charge on any atom is 0.163 e. The van der Waals surface area contributed by atoms with Gasteiger partial charge in [0.1, 0.15) is 0 Å². The zero-order chi connectivity index (χ0) is 12.1. The van der Waals surface area contributed by atoms with E-state index in [-0.39, 0.29) is 5.78 Å². The van der Waals surface area contributed by atoms with Crippen molar-refractivity contribution in [2.45, 2.75) is 25.7 Å². The van der Waals surface area contributed by atoms with Gasteiger partial charge in [-0.05, 0) is 31.1 Å². The Morgan fingerprint density at radius 3 is 2.71 bits per heavy atom. The zero-order valence-electron chi connectivity index (χ0n) is 9.62. The highest BCUT2D eigenvalue weighted by molar-refractivity contribution is 9.10. The van der Waals surface area contributed by atoms with Crippen LogP contribution in [0.3, 0.4) is 0 Å². The molecule has 0 unspecified atom stereocenters. The fourth-order valence-electron chi connectivity index (χ4n) is 1.80. The molecular formula is C14H15BrO2. The lowest BCUT2D eigenvalue weighted by atomic mass is 10.1. The van der Waals surface area contributed by atoms with Gasteiger partial charge in [0.2, 0.25) is 0 Å². The molecule has 0 bridgehead atoms. The molecule has 17 heavy (non-hydrogen) atoms. The van der Waals surface area contributed by atoms with Crippen LogP contribution in [-0.4, -0.2) is 12.4 Å². The number of rotatable bonds is 4. The van der Waals surface area contributed by atoms with Crippen LogP contribution in [0.1, 0.15) is 36.0 Å². The van der Waals surface area contributed by atoms with E-state index in [2.05, 4.69) is 22.0 Å². The molecule has 0 N–H and O–H groups in total. The summed E-state index contributed by atoms with van der Waals surface area (Å²) in [4.78, 5) is 11.9. The van der Waals surface area contributed by atoms with E-state index in [9.17, 15) is 4.79 Å². The SMILES string of the molecule is O=C(CCC1=CCCCO1)c1ccc(Br)cc1. The van der Waals surface area contributed by atoms with Crippen molar-refractivity contribution >= 4 is 21.7 Å². The van der Waals surface area contributed by atoms with Gasteiger partial charge >= 0.3 is 0 Å². The second-order valence-corrected chi connectivity index (χ2v) is 5.01. The number of hydrogen-bond donors (Lipinski definition) is 0. The third-order valence-electron chi connectivity index (χ3n) is 2.77. The Kier molecular flexibility index (Phi) is 4.37. The molecule has 0 saturated heterocycles. The van der Waals surface area contributed by atoms with Crippen LogP contribution in [0.4, 0.5) is 0 Å². The van der Waals surface area contributed by atoms with E-state index in [0.29, 0.717) is 6.42 Å². The predicted octanol–water partition coefficient (Wildman–Crippen LogP) is 4.11. The second kappa shape index (κ2) is 6.01. The Hall–Kier alpha value is -1.09. The molecule has 2 rings (SSSR count). The van der Waals surface area contributed by atoms with E-state index in [1.807, 2.05) is 24.3 Å². The van der Waals surface area contributed by atoms with Gasteiger partial charge in [0.05, 0.1) is 12.4 Å². The van der Waals surface area contributed by atoms with E-state index in [4.69, 9.17) is 4.74 Å². The molecule has 1 aromatic carbocycles. The quantitative estimate of drug-likeness (QED) is 0.781. The fraction of sp³-hybridized carbons (Fsp3) is 0.357. The fourth-order valence-corrected chi connectivity index (χ4v) is 2.06. The summed E-state index contributed by atoms with van der Waals surface area (Å²) >= 11 is 3.36. The first-order chi connectivity index (χ1) is 8.25. The average molecular weight is 295 g/mol. The summed E-state index contributed by atoms with van der Waals surface area (Å²) in [6, 6.07) is 7.48. The van der Waals surface area contributed by atoms with Gasteiger partial charge in [0.25, 0.3) is 0 Å². The summed E-state index contributed by atoms with van der Waals surface area (Å²) in [5, 5.41) is 0. The zero-order valence-corrected chi connectivity index (χ0v) is 11.2. The maximum atomic E-state index is 11.9. The van der Waals surface area contributed by atoms with Crippen molar-refractivity contribution in [2.75, 3.05) is 6.61 Å². The molecule has 0 fully saturated rings.